The smallest absolute Gasteiger partial charge is 0.271 e. The number of rotatable bonds is 2. The summed E-state index contributed by atoms with van der Waals surface area (Å²) in [6.07, 6.45) is -4.41. The molecule has 6 heteroatoms. The van der Waals surface area contributed by atoms with E-state index in [1.165, 1.54) is 12.1 Å². The van der Waals surface area contributed by atoms with Crippen LogP contribution in [0.2, 0.25) is 5.02 Å². The van der Waals surface area contributed by atoms with Crippen LogP contribution in [-0.2, 0) is 12.7 Å². The molecule has 0 bridgehead atoms. The van der Waals surface area contributed by atoms with Gasteiger partial charge in [-0.2, -0.15) is 13.2 Å². The average Bonchev–Trinajstić information content (AvgIpc) is 2.07. The highest BCUT2D eigenvalue weighted by Gasteiger charge is 2.33. The highest BCUT2D eigenvalue weighted by molar-refractivity contribution is 6.31. The lowest BCUT2D eigenvalue weighted by Gasteiger charge is -2.13. The van der Waals surface area contributed by atoms with E-state index in [1.807, 2.05) is 0 Å². The summed E-state index contributed by atoms with van der Waals surface area (Å²) in [6.45, 7) is -0.117. The molecule has 1 aromatic rings. The van der Waals surface area contributed by atoms with Gasteiger partial charge in [0.2, 0.25) is 0 Å². The van der Waals surface area contributed by atoms with Gasteiger partial charge in [0, 0.05) is 11.6 Å². The molecule has 78 valence electrons. The Hall–Kier alpha value is -0.780. The minimum Gasteiger partial charge on any atom is -0.271 e. The topological polar surface area (TPSA) is 38.0 Å². The van der Waals surface area contributed by atoms with E-state index in [4.69, 9.17) is 17.4 Å². The summed E-state index contributed by atoms with van der Waals surface area (Å²) in [6, 6.07) is 3.62. The zero-order valence-electron chi connectivity index (χ0n) is 7.03. The van der Waals surface area contributed by atoms with E-state index in [9.17, 15) is 13.2 Å². The molecule has 0 atom stereocenters. The van der Waals surface area contributed by atoms with Crippen molar-refractivity contribution >= 4 is 11.6 Å². The number of nitrogens with two attached hydrogens (primary N) is 1. The quantitative estimate of drug-likeness (QED) is 0.598. The molecule has 0 aliphatic heterocycles. The Bertz CT molecular complexity index is 325. The molecule has 0 fully saturated rings. The molecule has 0 aliphatic rings. The van der Waals surface area contributed by atoms with E-state index >= 15 is 0 Å². The predicted molar refractivity (Wildman–Crippen MR) is 47.5 cm³/mol. The van der Waals surface area contributed by atoms with Gasteiger partial charge >= 0.3 is 6.18 Å². The second-order valence-corrected chi connectivity index (χ2v) is 3.05. The lowest BCUT2D eigenvalue weighted by Crippen LogP contribution is -2.23. The summed E-state index contributed by atoms with van der Waals surface area (Å²) in [5.41, 5.74) is 1.35. The van der Waals surface area contributed by atoms with Gasteiger partial charge in [0.05, 0.1) is 5.56 Å². The number of nitrogens with one attached hydrogen (secondary N) is 1. The molecule has 2 nitrogen and oxygen atoms in total. The fourth-order valence-electron chi connectivity index (χ4n) is 1.11. The Kier molecular flexibility index (Phi) is 3.36. The second kappa shape index (κ2) is 4.16. The van der Waals surface area contributed by atoms with Crippen LogP contribution >= 0.6 is 11.6 Å². The van der Waals surface area contributed by atoms with E-state index in [0.29, 0.717) is 0 Å². The van der Waals surface area contributed by atoms with Crippen LogP contribution in [0.15, 0.2) is 18.2 Å². The maximum absolute atomic E-state index is 12.4. The van der Waals surface area contributed by atoms with Gasteiger partial charge in [-0.15, -0.1) is 0 Å². The Balaban J connectivity index is 3.21. The molecule has 0 spiro atoms. The van der Waals surface area contributed by atoms with Crippen molar-refractivity contribution in [3.63, 3.8) is 0 Å². The van der Waals surface area contributed by atoms with E-state index in [0.717, 1.165) is 6.07 Å². The van der Waals surface area contributed by atoms with Crippen LogP contribution in [0.4, 0.5) is 13.2 Å². The Labute approximate surface area is 83.8 Å². The third-order valence-electron chi connectivity index (χ3n) is 1.70. The predicted octanol–water partition coefficient (Wildman–Crippen LogP) is 2.32. The van der Waals surface area contributed by atoms with Crippen LogP contribution in [0, 0.1) is 0 Å². The monoisotopic (exact) mass is 224 g/mol. The summed E-state index contributed by atoms with van der Waals surface area (Å²) in [5.74, 6) is 4.97. The molecule has 0 unspecified atom stereocenters. The molecule has 0 saturated heterocycles. The number of benzene rings is 1. The Morgan fingerprint density at radius 2 is 2.00 bits per heavy atom. The normalized spacial score (nSPS) is 11.8. The third kappa shape index (κ3) is 2.37. The fraction of sp³-hybridized carbons (Fsp3) is 0.250. The van der Waals surface area contributed by atoms with Crippen LogP contribution in [0.25, 0.3) is 0 Å². The molecule has 0 aliphatic carbocycles. The van der Waals surface area contributed by atoms with Crippen molar-refractivity contribution < 1.29 is 13.2 Å². The molecular formula is C8H8ClF3N2. The number of alkyl halides is 3. The van der Waals surface area contributed by atoms with Gasteiger partial charge in [-0.3, -0.25) is 11.3 Å². The number of halogens is 4. The third-order valence-corrected chi connectivity index (χ3v) is 2.06. The van der Waals surface area contributed by atoms with Crippen molar-refractivity contribution in [3.05, 3.63) is 34.3 Å². The lowest BCUT2D eigenvalue weighted by atomic mass is 10.1. The molecule has 1 rings (SSSR count). The SMILES string of the molecule is NNCc1c(Cl)cccc1C(F)(F)F. The van der Waals surface area contributed by atoms with E-state index in [-0.39, 0.29) is 17.1 Å². The Morgan fingerprint density at radius 3 is 2.50 bits per heavy atom. The lowest BCUT2D eigenvalue weighted by molar-refractivity contribution is -0.138. The summed E-state index contributed by atoms with van der Waals surface area (Å²) < 4.78 is 37.3. The first-order valence-corrected chi connectivity index (χ1v) is 4.12. The molecule has 0 saturated carbocycles. The van der Waals surface area contributed by atoms with Crippen molar-refractivity contribution in [1.29, 1.82) is 0 Å². The Morgan fingerprint density at radius 1 is 1.36 bits per heavy atom. The highest BCUT2D eigenvalue weighted by atomic mass is 35.5. The van der Waals surface area contributed by atoms with Crippen molar-refractivity contribution in [2.24, 2.45) is 5.84 Å². The van der Waals surface area contributed by atoms with Gasteiger partial charge in [-0.05, 0) is 17.7 Å². The summed E-state index contributed by atoms with van der Waals surface area (Å²) in [5, 5.41) is 0.0535. The van der Waals surface area contributed by atoms with Gasteiger partial charge in [-0.25, -0.2) is 0 Å². The van der Waals surface area contributed by atoms with Crippen molar-refractivity contribution in [2.75, 3.05) is 0 Å². The largest absolute Gasteiger partial charge is 0.416 e. The fourth-order valence-corrected chi connectivity index (χ4v) is 1.35. The molecule has 14 heavy (non-hydrogen) atoms. The van der Waals surface area contributed by atoms with Crippen LogP contribution in [0.1, 0.15) is 11.1 Å². The van der Waals surface area contributed by atoms with Crippen LogP contribution in [-0.4, -0.2) is 0 Å². The summed E-state index contributed by atoms with van der Waals surface area (Å²) in [7, 11) is 0. The maximum Gasteiger partial charge on any atom is 0.416 e. The highest BCUT2D eigenvalue weighted by Crippen LogP contribution is 2.34. The number of hydrazine groups is 1. The van der Waals surface area contributed by atoms with Gasteiger partial charge in [-0.1, -0.05) is 17.7 Å². The summed E-state index contributed by atoms with van der Waals surface area (Å²) >= 11 is 5.62. The standard InChI is InChI=1S/C8H8ClF3N2/c9-7-3-1-2-6(8(10,11)12)5(7)4-14-13/h1-3,14H,4,13H2. The van der Waals surface area contributed by atoms with E-state index in [2.05, 4.69) is 5.43 Å². The first-order valence-electron chi connectivity index (χ1n) is 3.75. The van der Waals surface area contributed by atoms with Gasteiger partial charge < -0.3 is 0 Å². The first kappa shape index (κ1) is 11.3. The molecule has 3 N–H and O–H groups in total. The summed E-state index contributed by atoms with van der Waals surface area (Å²) in [4.78, 5) is 0. The molecular weight excluding hydrogens is 217 g/mol. The van der Waals surface area contributed by atoms with Crippen LogP contribution in [0.3, 0.4) is 0 Å². The van der Waals surface area contributed by atoms with Gasteiger partial charge in [0.25, 0.3) is 0 Å². The zero-order valence-corrected chi connectivity index (χ0v) is 7.78. The number of hydrogen-bond donors (Lipinski definition) is 2. The minimum atomic E-state index is -4.41. The van der Waals surface area contributed by atoms with Crippen molar-refractivity contribution in [3.8, 4) is 0 Å². The molecule has 1 aromatic carbocycles. The molecule has 0 radical (unpaired) electrons. The number of hydrogen-bond acceptors (Lipinski definition) is 2. The van der Waals surface area contributed by atoms with Crippen molar-refractivity contribution in [1.82, 2.24) is 5.43 Å². The van der Waals surface area contributed by atoms with Crippen molar-refractivity contribution in [2.45, 2.75) is 12.7 Å². The first-order chi connectivity index (χ1) is 6.46. The minimum absolute atomic E-state index is 0.0378. The zero-order chi connectivity index (χ0) is 10.8. The molecule has 0 aromatic heterocycles. The van der Waals surface area contributed by atoms with Gasteiger partial charge in [0.15, 0.2) is 0 Å². The second-order valence-electron chi connectivity index (χ2n) is 2.64. The van der Waals surface area contributed by atoms with Gasteiger partial charge in [0.1, 0.15) is 0 Å². The van der Waals surface area contributed by atoms with E-state index in [1.54, 1.807) is 0 Å². The molecule has 0 amide bonds. The van der Waals surface area contributed by atoms with Crippen LogP contribution < -0.4 is 11.3 Å². The average molecular weight is 225 g/mol. The molecule has 0 heterocycles. The maximum atomic E-state index is 12.4. The van der Waals surface area contributed by atoms with Crippen LogP contribution in [0.5, 0.6) is 0 Å². The van der Waals surface area contributed by atoms with E-state index < -0.39 is 11.7 Å².